The first-order valence-electron chi connectivity index (χ1n) is 4.64. The van der Waals surface area contributed by atoms with Gasteiger partial charge in [-0.05, 0) is 24.6 Å². The molecule has 0 unspecified atom stereocenters. The summed E-state index contributed by atoms with van der Waals surface area (Å²) >= 11 is 1.58. The van der Waals surface area contributed by atoms with Crippen molar-refractivity contribution in [3.63, 3.8) is 0 Å². The molecule has 2 aromatic rings. The summed E-state index contributed by atoms with van der Waals surface area (Å²) in [5, 5.41) is 6.09. The van der Waals surface area contributed by atoms with Crippen LogP contribution in [0.5, 0.6) is 0 Å². The van der Waals surface area contributed by atoms with Crippen LogP contribution < -0.4 is 5.32 Å². The Kier molecular flexibility index (Phi) is 2.97. The highest BCUT2D eigenvalue weighted by atomic mass is 32.1. The Balaban J connectivity index is 2.07. The van der Waals surface area contributed by atoms with Crippen LogP contribution in [0.2, 0.25) is 0 Å². The third-order valence-electron chi connectivity index (χ3n) is 2.11. The molecule has 0 aliphatic heterocycles. The van der Waals surface area contributed by atoms with Crippen LogP contribution in [0.15, 0.2) is 29.8 Å². The molecule has 78 valence electrons. The van der Waals surface area contributed by atoms with Crippen molar-refractivity contribution in [2.45, 2.75) is 13.5 Å². The molecular formula is C11H11FN2S. The van der Waals surface area contributed by atoms with E-state index in [2.05, 4.69) is 10.3 Å². The van der Waals surface area contributed by atoms with Crippen LogP contribution in [0, 0.1) is 12.7 Å². The fraction of sp³-hybridized carbons (Fsp3) is 0.182. The van der Waals surface area contributed by atoms with E-state index in [1.165, 1.54) is 12.1 Å². The van der Waals surface area contributed by atoms with Crippen molar-refractivity contribution in [1.29, 1.82) is 0 Å². The second-order valence-electron chi connectivity index (χ2n) is 3.24. The van der Waals surface area contributed by atoms with Crippen LogP contribution >= 0.6 is 11.3 Å². The summed E-state index contributed by atoms with van der Waals surface area (Å²) in [7, 11) is 0. The monoisotopic (exact) mass is 222 g/mol. The van der Waals surface area contributed by atoms with Crippen LogP contribution in [0.1, 0.15) is 10.6 Å². The molecule has 0 aliphatic rings. The summed E-state index contributed by atoms with van der Waals surface area (Å²) in [6.45, 7) is 2.59. The van der Waals surface area contributed by atoms with Crippen LogP contribution in [-0.4, -0.2) is 4.98 Å². The van der Waals surface area contributed by atoms with E-state index in [1.807, 2.05) is 12.3 Å². The van der Waals surface area contributed by atoms with Crippen molar-refractivity contribution in [2.24, 2.45) is 0 Å². The van der Waals surface area contributed by atoms with Gasteiger partial charge in [0.2, 0.25) is 0 Å². The van der Waals surface area contributed by atoms with Crippen LogP contribution in [0.25, 0.3) is 0 Å². The molecule has 0 fully saturated rings. The van der Waals surface area contributed by atoms with Gasteiger partial charge in [-0.25, -0.2) is 9.37 Å². The normalized spacial score (nSPS) is 10.3. The molecule has 4 heteroatoms. The number of halogens is 1. The summed E-state index contributed by atoms with van der Waals surface area (Å²) in [5.74, 6) is -0.220. The number of hydrogen-bond donors (Lipinski definition) is 1. The molecule has 0 atom stereocenters. The van der Waals surface area contributed by atoms with E-state index in [-0.39, 0.29) is 5.82 Å². The highest BCUT2D eigenvalue weighted by molar-refractivity contribution is 7.09. The van der Waals surface area contributed by atoms with Gasteiger partial charge in [0.05, 0.1) is 6.54 Å². The summed E-state index contributed by atoms with van der Waals surface area (Å²) in [6, 6.07) is 4.73. The molecule has 0 aliphatic carbocycles. The molecule has 1 N–H and O–H groups in total. The molecule has 0 spiro atoms. The number of anilines is 1. The lowest BCUT2D eigenvalue weighted by Gasteiger charge is -2.07. The second-order valence-corrected chi connectivity index (χ2v) is 4.22. The third-order valence-corrected chi connectivity index (χ3v) is 2.89. The van der Waals surface area contributed by atoms with Gasteiger partial charge in [0, 0.05) is 17.3 Å². The van der Waals surface area contributed by atoms with Gasteiger partial charge in [-0.15, -0.1) is 11.3 Å². The summed E-state index contributed by atoms with van der Waals surface area (Å²) in [6.07, 6.45) is 1.76. The number of aromatic nitrogens is 1. The second kappa shape index (κ2) is 4.40. The molecule has 0 radical (unpaired) electrons. The molecule has 0 amide bonds. The van der Waals surface area contributed by atoms with E-state index >= 15 is 0 Å². The molecule has 0 bridgehead atoms. The Bertz CT molecular complexity index is 440. The average molecular weight is 222 g/mol. The maximum absolute atomic E-state index is 13.0. The van der Waals surface area contributed by atoms with E-state index < -0.39 is 0 Å². The first-order chi connectivity index (χ1) is 7.25. The van der Waals surface area contributed by atoms with Crippen LogP contribution in [0.3, 0.4) is 0 Å². The summed E-state index contributed by atoms with van der Waals surface area (Å²) in [5.41, 5.74) is 1.86. The first-order valence-corrected chi connectivity index (χ1v) is 5.52. The molecule has 1 aromatic heterocycles. The zero-order valence-electron chi connectivity index (χ0n) is 8.33. The van der Waals surface area contributed by atoms with Gasteiger partial charge < -0.3 is 5.32 Å². The lowest BCUT2D eigenvalue weighted by atomic mass is 10.2. The Hall–Kier alpha value is -1.42. The van der Waals surface area contributed by atoms with E-state index in [0.29, 0.717) is 6.54 Å². The maximum Gasteiger partial charge on any atom is 0.125 e. The molecule has 0 saturated carbocycles. The zero-order chi connectivity index (χ0) is 10.7. The molecule has 2 rings (SSSR count). The van der Waals surface area contributed by atoms with Crippen molar-refractivity contribution in [2.75, 3.05) is 5.32 Å². The number of nitrogens with one attached hydrogen (secondary N) is 1. The maximum atomic E-state index is 13.0. The van der Waals surface area contributed by atoms with E-state index in [1.54, 1.807) is 23.6 Å². The van der Waals surface area contributed by atoms with Gasteiger partial charge in [0.1, 0.15) is 10.8 Å². The van der Waals surface area contributed by atoms with E-state index in [0.717, 1.165) is 16.3 Å². The minimum absolute atomic E-state index is 0.220. The highest BCUT2D eigenvalue weighted by Crippen LogP contribution is 2.17. The molecule has 2 nitrogen and oxygen atoms in total. The number of benzene rings is 1. The average Bonchev–Trinajstić information content (AvgIpc) is 2.72. The van der Waals surface area contributed by atoms with Gasteiger partial charge in [-0.3, -0.25) is 0 Å². The Labute approximate surface area is 91.8 Å². The van der Waals surface area contributed by atoms with Gasteiger partial charge in [0.15, 0.2) is 0 Å². The van der Waals surface area contributed by atoms with Crippen molar-refractivity contribution in [3.05, 3.63) is 46.2 Å². The number of hydrogen-bond acceptors (Lipinski definition) is 3. The molecule has 0 saturated heterocycles. The highest BCUT2D eigenvalue weighted by Gasteiger charge is 2.00. The molecule has 1 heterocycles. The van der Waals surface area contributed by atoms with E-state index in [9.17, 15) is 4.39 Å². The van der Waals surface area contributed by atoms with Crippen molar-refractivity contribution < 1.29 is 4.39 Å². The Morgan fingerprint density at radius 2 is 2.33 bits per heavy atom. The largest absolute Gasteiger partial charge is 0.378 e. The van der Waals surface area contributed by atoms with Crippen molar-refractivity contribution >= 4 is 17.0 Å². The van der Waals surface area contributed by atoms with Crippen molar-refractivity contribution in [1.82, 2.24) is 4.98 Å². The minimum atomic E-state index is -0.220. The van der Waals surface area contributed by atoms with Gasteiger partial charge >= 0.3 is 0 Å². The predicted molar refractivity (Wildman–Crippen MR) is 60.6 cm³/mol. The molecular weight excluding hydrogens is 211 g/mol. The van der Waals surface area contributed by atoms with Gasteiger partial charge in [0.25, 0.3) is 0 Å². The lowest BCUT2D eigenvalue weighted by molar-refractivity contribution is 0.628. The quantitative estimate of drug-likeness (QED) is 0.862. The number of nitrogens with zero attached hydrogens (tertiary/aromatic N) is 1. The fourth-order valence-corrected chi connectivity index (χ4v) is 1.85. The van der Waals surface area contributed by atoms with Gasteiger partial charge in [-0.2, -0.15) is 0 Å². The smallest absolute Gasteiger partial charge is 0.125 e. The summed E-state index contributed by atoms with van der Waals surface area (Å²) < 4.78 is 13.0. The summed E-state index contributed by atoms with van der Waals surface area (Å²) in [4.78, 5) is 4.15. The van der Waals surface area contributed by atoms with E-state index in [4.69, 9.17) is 0 Å². The molecule has 15 heavy (non-hydrogen) atoms. The van der Waals surface area contributed by atoms with Crippen molar-refractivity contribution in [3.8, 4) is 0 Å². The molecule has 1 aromatic carbocycles. The third kappa shape index (κ3) is 2.53. The Morgan fingerprint density at radius 3 is 3.07 bits per heavy atom. The Morgan fingerprint density at radius 1 is 1.47 bits per heavy atom. The van der Waals surface area contributed by atoms with Crippen LogP contribution in [-0.2, 0) is 6.54 Å². The number of rotatable bonds is 3. The first kappa shape index (κ1) is 10.1. The van der Waals surface area contributed by atoms with Crippen LogP contribution in [0.4, 0.5) is 10.1 Å². The number of thiazole rings is 1. The topological polar surface area (TPSA) is 24.9 Å². The minimum Gasteiger partial charge on any atom is -0.378 e. The van der Waals surface area contributed by atoms with Gasteiger partial charge in [-0.1, -0.05) is 6.07 Å². The predicted octanol–water partition coefficient (Wildman–Crippen LogP) is 3.20. The standard InChI is InChI=1S/C11H11FN2S/c1-8-2-3-9(12)6-10(8)14-7-11-13-4-5-15-11/h2-6,14H,7H2,1H3. The SMILES string of the molecule is Cc1ccc(F)cc1NCc1nccs1. The zero-order valence-corrected chi connectivity index (χ0v) is 9.14. The fourth-order valence-electron chi connectivity index (χ4n) is 1.30. The lowest BCUT2D eigenvalue weighted by Crippen LogP contribution is -2.00. The number of aryl methyl sites for hydroxylation is 1.